The fourth-order valence-electron chi connectivity index (χ4n) is 1.22. The number of aromatic nitrogens is 2. The van der Waals surface area contributed by atoms with Crippen LogP contribution in [0.5, 0.6) is 0 Å². The summed E-state index contributed by atoms with van der Waals surface area (Å²) in [5, 5.41) is 3.70. The molecule has 0 bridgehead atoms. The zero-order chi connectivity index (χ0) is 12.0. The lowest BCUT2D eigenvalue weighted by atomic mass is 10.2. The molecule has 0 amide bonds. The number of ether oxygens (including phenoxy) is 2. The van der Waals surface area contributed by atoms with E-state index in [-0.39, 0.29) is 18.6 Å². The zero-order valence-electron chi connectivity index (χ0n) is 9.73. The third-order valence-electron chi connectivity index (χ3n) is 1.92. The van der Waals surface area contributed by atoms with Crippen molar-refractivity contribution < 1.29 is 18.8 Å². The Labute approximate surface area is 93.9 Å². The van der Waals surface area contributed by atoms with Crippen LogP contribution >= 0.6 is 0 Å². The Morgan fingerprint density at radius 2 is 2.12 bits per heavy atom. The molecule has 0 fully saturated rings. The molecule has 1 rings (SSSR count). The van der Waals surface area contributed by atoms with Gasteiger partial charge < -0.3 is 14.0 Å². The molecule has 0 N–H and O–H groups in total. The van der Waals surface area contributed by atoms with Crippen molar-refractivity contribution in [2.45, 2.75) is 33.3 Å². The SMILES string of the molecule is CCOC(=O)c1nc(C(CC)OCC)no1. The van der Waals surface area contributed by atoms with Gasteiger partial charge in [-0.1, -0.05) is 12.1 Å². The topological polar surface area (TPSA) is 74.5 Å². The molecule has 1 unspecified atom stereocenters. The summed E-state index contributed by atoms with van der Waals surface area (Å²) >= 11 is 0. The first-order valence-corrected chi connectivity index (χ1v) is 5.35. The van der Waals surface area contributed by atoms with Crippen LogP contribution in [0.4, 0.5) is 0 Å². The zero-order valence-corrected chi connectivity index (χ0v) is 9.73. The van der Waals surface area contributed by atoms with Gasteiger partial charge in [0.15, 0.2) is 0 Å². The van der Waals surface area contributed by atoms with Crippen LogP contribution in [0.15, 0.2) is 4.52 Å². The lowest BCUT2D eigenvalue weighted by molar-refractivity contribution is 0.0469. The highest BCUT2D eigenvalue weighted by Gasteiger charge is 2.21. The minimum atomic E-state index is -0.604. The van der Waals surface area contributed by atoms with E-state index >= 15 is 0 Å². The number of hydrogen-bond acceptors (Lipinski definition) is 6. The highest BCUT2D eigenvalue weighted by molar-refractivity contribution is 5.83. The fourth-order valence-corrected chi connectivity index (χ4v) is 1.22. The molecule has 0 spiro atoms. The molecule has 0 aromatic carbocycles. The van der Waals surface area contributed by atoms with Crippen molar-refractivity contribution in [3.05, 3.63) is 11.7 Å². The number of esters is 1. The molecular formula is C10H16N2O4. The summed E-state index contributed by atoms with van der Waals surface area (Å²) in [6.07, 6.45) is 0.479. The predicted molar refractivity (Wildman–Crippen MR) is 54.9 cm³/mol. The summed E-state index contributed by atoms with van der Waals surface area (Å²) in [6.45, 7) is 6.38. The first-order valence-electron chi connectivity index (χ1n) is 5.35. The van der Waals surface area contributed by atoms with E-state index in [1.54, 1.807) is 6.92 Å². The van der Waals surface area contributed by atoms with Crippen LogP contribution in [0, 0.1) is 0 Å². The largest absolute Gasteiger partial charge is 0.459 e. The van der Waals surface area contributed by atoms with E-state index in [2.05, 4.69) is 10.1 Å². The van der Waals surface area contributed by atoms with Crippen LogP contribution in [0.3, 0.4) is 0 Å². The number of nitrogens with zero attached hydrogens (tertiary/aromatic N) is 2. The molecule has 1 atom stereocenters. The van der Waals surface area contributed by atoms with Crippen LogP contribution in [0.2, 0.25) is 0 Å². The molecule has 90 valence electrons. The van der Waals surface area contributed by atoms with Gasteiger partial charge in [-0.05, 0) is 20.3 Å². The van der Waals surface area contributed by atoms with E-state index in [0.29, 0.717) is 12.4 Å². The average molecular weight is 228 g/mol. The fraction of sp³-hybridized carbons (Fsp3) is 0.700. The maximum absolute atomic E-state index is 11.3. The number of rotatable bonds is 6. The van der Waals surface area contributed by atoms with Crippen molar-refractivity contribution in [3.8, 4) is 0 Å². The van der Waals surface area contributed by atoms with Crippen molar-refractivity contribution in [1.82, 2.24) is 10.1 Å². The van der Waals surface area contributed by atoms with Crippen LogP contribution in [-0.4, -0.2) is 29.3 Å². The summed E-state index contributed by atoms with van der Waals surface area (Å²) in [7, 11) is 0. The molecule has 1 aromatic rings. The standard InChI is InChI=1S/C10H16N2O4/c1-4-7(14-5-2)8-11-9(16-12-8)10(13)15-6-3/h7H,4-6H2,1-3H3. The molecule has 0 saturated heterocycles. The Hall–Kier alpha value is -1.43. The van der Waals surface area contributed by atoms with E-state index < -0.39 is 5.97 Å². The van der Waals surface area contributed by atoms with E-state index in [9.17, 15) is 4.79 Å². The number of hydrogen-bond donors (Lipinski definition) is 0. The molecule has 0 saturated carbocycles. The summed E-state index contributed by atoms with van der Waals surface area (Å²) in [5.41, 5.74) is 0. The van der Waals surface area contributed by atoms with Crippen LogP contribution in [0.1, 0.15) is 49.8 Å². The Morgan fingerprint density at radius 1 is 1.38 bits per heavy atom. The molecule has 6 nitrogen and oxygen atoms in total. The van der Waals surface area contributed by atoms with Gasteiger partial charge in [-0.15, -0.1) is 0 Å². The van der Waals surface area contributed by atoms with Crippen molar-refractivity contribution in [1.29, 1.82) is 0 Å². The quantitative estimate of drug-likeness (QED) is 0.690. The van der Waals surface area contributed by atoms with Crippen molar-refractivity contribution >= 4 is 5.97 Å². The molecule has 0 radical (unpaired) electrons. The van der Waals surface area contributed by atoms with Gasteiger partial charge in [-0.2, -0.15) is 4.98 Å². The van der Waals surface area contributed by atoms with Gasteiger partial charge in [0.25, 0.3) is 0 Å². The van der Waals surface area contributed by atoms with Gasteiger partial charge in [-0.3, -0.25) is 0 Å². The van der Waals surface area contributed by atoms with E-state index in [4.69, 9.17) is 14.0 Å². The number of carbonyl (C=O) groups excluding carboxylic acids is 1. The maximum Gasteiger partial charge on any atom is 0.397 e. The molecule has 16 heavy (non-hydrogen) atoms. The van der Waals surface area contributed by atoms with E-state index in [1.807, 2.05) is 13.8 Å². The molecule has 1 aromatic heterocycles. The van der Waals surface area contributed by atoms with Gasteiger partial charge in [0, 0.05) is 6.61 Å². The average Bonchev–Trinajstić information content (AvgIpc) is 2.75. The molecular weight excluding hydrogens is 212 g/mol. The molecule has 6 heteroatoms. The Balaban J connectivity index is 2.72. The van der Waals surface area contributed by atoms with Crippen molar-refractivity contribution in [3.63, 3.8) is 0 Å². The molecule has 1 heterocycles. The number of carbonyl (C=O) groups is 1. The second-order valence-corrected chi connectivity index (χ2v) is 3.03. The molecule has 0 aliphatic carbocycles. The highest BCUT2D eigenvalue weighted by Crippen LogP contribution is 2.17. The first kappa shape index (κ1) is 12.6. The second-order valence-electron chi connectivity index (χ2n) is 3.03. The third-order valence-corrected chi connectivity index (χ3v) is 1.92. The Kier molecular flexibility index (Phi) is 4.91. The second kappa shape index (κ2) is 6.22. The van der Waals surface area contributed by atoms with Gasteiger partial charge in [0.05, 0.1) is 6.61 Å². The van der Waals surface area contributed by atoms with Gasteiger partial charge in [-0.25, -0.2) is 4.79 Å². The molecule has 0 aliphatic rings. The third kappa shape index (κ3) is 3.03. The van der Waals surface area contributed by atoms with E-state index in [0.717, 1.165) is 6.42 Å². The predicted octanol–water partition coefficient (Wildman–Crippen LogP) is 1.73. The van der Waals surface area contributed by atoms with Gasteiger partial charge >= 0.3 is 11.9 Å². The minimum absolute atomic E-state index is 0.130. The van der Waals surface area contributed by atoms with Crippen LogP contribution < -0.4 is 0 Å². The summed E-state index contributed by atoms with van der Waals surface area (Å²) in [4.78, 5) is 15.2. The normalized spacial score (nSPS) is 12.4. The Bertz CT molecular complexity index is 337. The highest BCUT2D eigenvalue weighted by atomic mass is 16.6. The Morgan fingerprint density at radius 3 is 2.69 bits per heavy atom. The summed E-state index contributed by atoms with van der Waals surface area (Å²) in [6, 6.07) is 0. The van der Waals surface area contributed by atoms with Crippen LogP contribution in [0.25, 0.3) is 0 Å². The smallest absolute Gasteiger partial charge is 0.397 e. The monoisotopic (exact) mass is 228 g/mol. The maximum atomic E-state index is 11.3. The lowest BCUT2D eigenvalue weighted by Crippen LogP contribution is -2.07. The minimum Gasteiger partial charge on any atom is -0.459 e. The van der Waals surface area contributed by atoms with E-state index in [1.165, 1.54) is 0 Å². The molecule has 0 aliphatic heterocycles. The summed E-state index contributed by atoms with van der Waals surface area (Å²) < 4.78 is 14.9. The van der Waals surface area contributed by atoms with Gasteiger partial charge in [0.1, 0.15) is 6.10 Å². The summed E-state index contributed by atoms with van der Waals surface area (Å²) in [5.74, 6) is -0.352. The van der Waals surface area contributed by atoms with Crippen LogP contribution in [-0.2, 0) is 9.47 Å². The van der Waals surface area contributed by atoms with Crippen molar-refractivity contribution in [2.75, 3.05) is 13.2 Å². The van der Waals surface area contributed by atoms with Gasteiger partial charge in [0.2, 0.25) is 5.82 Å². The van der Waals surface area contributed by atoms with Crippen molar-refractivity contribution in [2.24, 2.45) is 0 Å². The first-order chi connectivity index (χ1) is 7.72. The lowest BCUT2D eigenvalue weighted by Gasteiger charge is -2.09.